The minimum atomic E-state index is -0.262. The maximum Gasteiger partial charge on any atom is 0.291 e. The highest BCUT2D eigenvalue weighted by molar-refractivity contribution is 7.16. The topological polar surface area (TPSA) is 68.4 Å². The smallest absolute Gasteiger partial charge is 0.291 e. The van der Waals surface area contributed by atoms with E-state index in [1.54, 1.807) is 33.4 Å². The highest BCUT2D eigenvalue weighted by Gasteiger charge is 2.12. The number of rotatable bonds is 4. The predicted octanol–water partition coefficient (Wildman–Crippen LogP) is 2.09. The summed E-state index contributed by atoms with van der Waals surface area (Å²) in [7, 11) is 0. The van der Waals surface area contributed by atoms with Crippen LogP contribution in [0.15, 0.2) is 46.1 Å². The zero-order valence-corrected chi connectivity index (χ0v) is 13.6. The molecule has 0 saturated heterocycles. The van der Waals surface area contributed by atoms with Crippen molar-refractivity contribution in [1.29, 1.82) is 0 Å². The van der Waals surface area contributed by atoms with Gasteiger partial charge in [0.1, 0.15) is 23.2 Å². The first-order chi connectivity index (χ1) is 11.2. The molecule has 4 aromatic heterocycles. The van der Waals surface area contributed by atoms with Crippen LogP contribution in [0.4, 0.5) is 0 Å². The largest absolute Gasteiger partial charge is 0.350 e. The SMILES string of the molecule is O=C(Cn1ncn2c(cc3ccsc32)c1=O)NCc1cccs1. The molecule has 1 N–H and O–H groups in total. The summed E-state index contributed by atoms with van der Waals surface area (Å²) in [6.45, 7) is 0.383. The van der Waals surface area contributed by atoms with Crippen molar-refractivity contribution in [3.05, 3.63) is 56.6 Å². The van der Waals surface area contributed by atoms with Gasteiger partial charge in [0.15, 0.2) is 0 Å². The Morgan fingerprint density at radius 1 is 1.26 bits per heavy atom. The number of amides is 1. The van der Waals surface area contributed by atoms with Crippen molar-refractivity contribution in [3.63, 3.8) is 0 Å². The van der Waals surface area contributed by atoms with E-state index >= 15 is 0 Å². The molecule has 0 spiro atoms. The van der Waals surface area contributed by atoms with E-state index in [-0.39, 0.29) is 18.0 Å². The predicted molar refractivity (Wildman–Crippen MR) is 91.0 cm³/mol. The average Bonchev–Trinajstić information content (AvgIpc) is 3.24. The van der Waals surface area contributed by atoms with Crippen LogP contribution in [-0.4, -0.2) is 20.1 Å². The van der Waals surface area contributed by atoms with Crippen LogP contribution in [0.25, 0.3) is 15.7 Å². The summed E-state index contributed by atoms with van der Waals surface area (Å²) in [5.41, 5.74) is 0.273. The van der Waals surface area contributed by atoms with Gasteiger partial charge in [0.2, 0.25) is 5.91 Å². The van der Waals surface area contributed by atoms with E-state index in [0.717, 1.165) is 15.1 Å². The standard InChI is InChI=1S/C15H12N4O2S2/c20-13(16-7-11-2-1-4-22-11)8-19-14(21)12-6-10-3-5-23-15(10)18(12)9-17-19/h1-6,9H,7-8H2,(H,16,20). The molecule has 8 heteroatoms. The molecule has 0 saturated carbocycles. The Labute approximate surface area is 138 Å². The Kier molecular flexibility index (Phi) is 3.47. The van der Waals surface area contributed by atoms with Crippen LogP contribution in [0.5, 0.6) is 0 Å². The van der Waals surface area contributed by atoms with Crippen LogP contribution in [0.1, 0.15) is 4.88 Å². The van der Waals surface area contributed by atoms with Crippen LogP contribution in [0.3, 0.4) is 0 Å². The van der Waals surface area contributed by atoms with Crippen LogP contribution in [0.2, 0.25) is 0 Å². The number of nitrogens with zero attached hydrogens (tertiary/aromatic N) is 3. The van der Waals surface area contributed by atoms with Gasteiger partial charge in [0.05, 0.1) is 6.54 Å². The lowest BCUT2D eigenvalue weighted by atomic mass is 10.4. The molecule has 0 atom stereocenters. The lowest BCUT2D eigenvalue weighted by molar-refractivity contribution is -0.122. The van der Waals surface area contributed by atoms with Gasteiger partial charge in [0.25, 0.3) is 5.56 Å². The second kappa shape index (κ2) is 5.64. The average molecular weight is 344 g/mol. The summed E-state index contributed by atoms with van der Waals surface area (Å²) in [4.78, 5) is 26.5. The van der Waals surface area contributed by atoms with E-state index in [4.69, 9.17) is 0 Å². The van der Waals surface area contributed by atoms with Crippen molar-refractivity contribution in [1.82, 2.24) is 19.5 Å². The third kappa shape index (κ3) is 2.55. The van der Waals surface area contributed by atoms with Gasteiger partial charge in [0, 0.05) is 10.3 Å². The maximum absolute atomic E-state index is 12.5. The van der Waals surface area contributed by atoms with E-state index in [9.17, 15) is 9.59 Å². The zero-order valence-electron chi connectivity index (χ0n) is 11.9. The van der Waals surface area contributed by atoms with Crippen molar-refractivity contribution in [2.45, 2.75) is 13.1 Å². The number of aromatic nitrogens is 3. The van der Waals surface area contributed by atoms with Gasteiger partial charge in [-0.1, -0.05) is 6.07 Å². The number of fused-ring (bicyclic) bond motifs is 3. The monoisotopic (exact) mass is 344 g/mol. The minimum absolute atomic E-state index is 0.0838. The Hall–Kier alpha value is -2.45. The van der Waals surface area contributed by atoms with Crippen molar-refractivity contribution >= 4 is 44.3 Å². The molecule has 0 aliphatic carbocycles. The number of carbonyl (C=O) groups is 1. The van der Waals surface area contributed by atoms with Gasteiger partial charge in [-0.2, -0.15) is 5.10 Å². The molecule has 116 valence electrons. The molecule has 0 unspecified atom stereocenters. The fraction of sp³-hybridized carbons (Fsp3) is 0.133. The molecule has 1 amide bonds. The van der Waals surface area contributed by atoms with E-state index in [0.29, 0.717) is 12.1 Å². The summed E-state index contributed by atoms with van der Waals surface area (Å²) in [5, 5.41) is 11.8. The van der Waals surface area contributed by atoms with Gasteiger partial charge in [-0.05, 0) is 29.0 Å². The fourth-order valence-electron chi connectivity index (χ4n) is 2.42. The Balaban J connectivity index is 1.57. The molecule has 4 rings (SSSR count). The molecule has 23 heavy (non-hydrogen) atoms. The molecular formula is C15H12N4O2S2. The highest BCUT2D eigenvalue weighted by atomic mass is 32.1. The van der Waals surface area contributed by atoms with Gasteiger partial charge in [-0.25, -0.2) is 4.68 Å². The molecule has 6 nitrogen and oxygen atoms in total. The summed E-state index contributed by atoms with van der Waals surface area (Å²) in [6.07, 6.45) is 1.59. The van der Waals surface area contributed by atoms with E-state index < -0.39 is 0 Å². The fourth-order valence-corrected chi connectivity index (χ4v) is 3.93. The van der Waals surface area contributed by atoms with Crippen molar-refractivity contribution in [2.24, 2.45) is 0 Å². The van der Waals surface area contributed by atoms with Gasteiger partial charge in [-0.15, -0.1) is 22.7 Å². The summed E-state index contributed by atoms with van der Waals surface area (Å²) in [5.74, 6) is -0.231. The number of thiophene rings is 2. The van der Waals surface area contributed by atoms with E-state index in [2.05, 4.69) is 10.4 Å². The van der Waals surface area contributed by atoms with Gasteiger partial charge >= 0.3 is 0 Å². The van der Waals surface area contributed by atoms with E-state index in [1.165, 1.54) is 4.68 Å². The molecule has 4 heterocycles. The van der Waals surface area contributed by atoms with Crippen molar-refractivity contribution in [2.75, 3.05) is 0 Å². The van der Waals surface area contributed by atoms with Crippen LogP contribution in [0, 0.1) is 0 Å². The van der Waals surface area contributed by atoms with Gasteiger partial charge in [-0.3, -0.25) is 14.0 Å². The molecule has 0 aliphatic rings. The van der Waals surface area contributed by atoms with Crippen LogP contribution < -0.4 is 10.9 Å². The molecule has 4 aromatic rings. The second-order valence-electron chi connectivity index (χ2n) is 5.03. The van der Waals surface area contributed by atoms with Crippen LogP contribution in [-0.2, 0) is 17.9 Å². The summed E-state index contributed by atoms with van der Waals surface area (Å²) < 4.78 is 2.96. The van der Waals surface area contributed by atoms with Crippen LogP contribution >= 0.6 is 22.7 Å². The lowest BCUT2D eigenvalue weighted by Crippen LogP contribution is -2.33. The Bertz CT molecular complexity index is 1040. The number of carbonyl (C=O) groups excluding carboxylic acids is 1. The summed E-state index contributed by atoms with van der Waals surface area (Å²) >= 11 is 3.13. The third-order valence-corrected chi connectivity index (χ3v) is 5.34. The number of nitrogens with one attached hydrogen (secondary N) is 1. The molecule has 0 radical (unpaired) electrons. The number of hydrogen-bond acceptors (Lipinski definition) is 5. The normalized spacial score (nSPS) is 11.3. The molecular weight excluding hydrogens is 332 g/mol. The Morgan fingerprint density at radius 3 is 3.00 bits per heavy atom. The first-order valence-electron chi connectivity index (χ1n) is 6.96. The second-order valence-corrected chi connectivity index (χ2v) is 6.96. The quantitative estimate of drug-likeness (QED) is 0.616. The minimum Gasteiger partial charge on any atom is -0.350 e. The van der Waals surface area contributed by atoms with Gasteiger partial charge < -0.3 is 5.32 Å². The third-order valence-electron chi connectivity index (χ3n) is 3.54. The van der Waals surface area contributed by atoms with Crippen molar-refractivity contribution in [3.8, 4) is 0 Å². The Morgan fingerprint density at radius 2 is 2.17 bits per heavy atom. The first kappa shape index (κ1) is 14.2. The molecule has 0 aromatic carbocycles. The highest BCUT2D eigenvalue weighted by Crippen LogP contribution is 2.22. The molecule has 0 bridgehead atoms. The van der Waals surface area contributed by atoms with Crippen molar-refractivity contribution < 1.29 is 4.79 Å². The van der Waals surface area contributed by atoms with E-state index in [1.807, 2.05) is 35.0 Å². The maximum atomic E-state index is 12.5. The first-order valence-corrected chi connectivity index (χ1v) is 8.72. The summed E-state index contributed by atoms with van der Waals surface area (Å²) in [6, 6.07) is 7.68. The zero-order chi connectivity index (χ0) is 15.8. The molecule has 0 fully saturated rings. The lowest BCUT2D eigenvalue weighted by Gasteiger charge is -2.06. The molecule has 0 aliphatic heterocycles. The number of hydrogen-bond donors (Lipinski definition) is 1.